The molecule has 0 radical (unpaired) electrons. The Morgan fingerprint density at radius 3 is 1.45 bits per heavy atom. The van der Waals surface area contributed by atoms with Crippen molar-refractivity contribution in [1.29, 1.82) is 0 Å². The van der Waals surface area contributed by atoms with Crippen LogP contribution in [0, 0.1) is 46.3 Å². The minimum Gasteiger partial charge on any atom is -0.394 e. The third-order valence-corrected chi connectivity index (χ3v) is 19.5. The Morgan fingerprint density at radius 2 is 0.961 bits per heavy atom. The first kappa shape index (κ1) is 62.1. The summed E-state index contributed by atoms with van der Waals surface area (Å²) in [6.45, 7) is 6.35. The lowest BCUT2D eigenvalue weighted by molar-refractivity contribution is -0.360. The Kier molecular flexibility index (Phi) is 21.2. The molecule has 0 spiro atoms. The SMILES string of the molecule is CCC[C@@H](C)[C@H]1CC[C@H]2[C@@H]3[C@H](OCCO[C@@H]4OC(CO)[C@@H](O[C@H]5OC(CO)[C@@H](O)[C@H](O)C5O)[C@H](O)C4O)C[C@@H]4C[C@H](O)CC[C@]4(C)[C@H]3C[C@H](OCCO[C@@H]3OC(CO)[C@@H](O[C@H]4OC(CO)[C@@H](O)[C@H](O)C4O)[C@H](O)C3O)[C@]12C. The molecule has 0 aromatic rings. The molecule has 77 heavy (non-hydrogen) atoms. The van der Waals surface area contributed by atoms with E-state index < -0.39 is 155 Å². The van der Waals surface area contributed by atoms with E-state index in [-0.39, 0.29) is 73.1 Å². The number of aliphatic hydroxyl groups excluding tert-OH is 15. The maximum atomic E-state index is 11.2. The fraction of sp³-hybridized carbons (Fsp3) is 1.00. The average molecular weight is 1120 g/mol. The molecule has 4 saturated heterocycles. The molecule has 4 heterocycles. The van der Waals surface area contributed by atoms with Crippen LogP contribution in [0.2, 0.25) is 0 Å². The molecule has 15 N–H and O–H groups in total. The summed E-state index contributed by atoms with van der Waals surface area (Å²) in [6.07, 6.45) is -25.1. The van der Waals surface area contributed by atoms with Crippen molar-refractivity contribution in [2.45, 2.75) is 227 Å². The van der Waals surface area contributed by atoms with E-state index in [0.29, 0.717) is 37.5 Å². The summed E-state index contributed by atoms with van der Waals surface area (Å²) in [7, 11) is 0. The molecule has 8 rings (SSSR count). The summed E-state index contributed by atoms with van der Waals surface area (Å²) < 4.78 is 59.9. The second kappa shape index (κ2) is 26.3. The fourth-order valence-electron chi connectivity index (χ4n) is 15.3. The zero-order chi connectivity index (χ0) is 55.8. The number of rotatable bonds is 21. The zero-order valence-corrected chi connectivity index (χ0v) is 44.6. The minimum absolute atomic E-state index is 0.0649. The smallest absolute Gasteiger partial charge is 0.187 e. The number of ether oxygens (including phenoxy) is 10. The molecule has 448 valence electrons. The molecule has 8 aliphatic rings. The maximum Gasteiger partial charge on any atom is 0.187 e. The van der Waals surface area contributed by atoms with Crippen LogP contribution in [-0.4, -0.2) is 271 Å². The minimum atomic E-state index is -1.80. The summed E-state index contributed by atoms with van der Waals surface area (Å²) in [6, 6.07) is 0. The Labute approximate surface area is 448 Å². The van der Waals surface area contributed by atoms with Gasteiger partial charge in [-0.3, -0.25) is 0 Å². The van der Waals surface area contributed by atoms with Crippen molar-refractivity contribution in [2.24, 2.45) is 46.3 Å². The topological polar surface area (TPSA) is 396 Å². The molecule has 25 heteroatoms. The van der Waals surface area contributed by atoms with E-state index >= 15 is 0 Å². The van der Waals surface area contributed by atoms with E-state index in [2.05, 4.69) is 27.7 Å². The first-order valence-electron chi connectivity index (χ1n) is 28.0. The van der Waals surface area contributed by atoms with Crippen molar-refractivity contribution in [1.82, 2.24) is 0 Å². The van der Waals surface area contributed by atoms with Crippen LogP contribution >= 0.6 is 0 Å². The van der Waals surface area contributed by atoms with Gasteiger partial charge in [-0.25, -0.2) is 0 Å². The van der Waals surface area contributed by atoms with Gasteiger partial charge in [-0.2, -0.15) is 0 Å². The Morgan fingerprint density at radius 1 is 0.494 bits per heavy atom. The van der Waals surface area contributed by atoms with Crippen molar-refractivity contribution in [3.63, 3.8) is 0 Å². The first-order chi connectivity index (χ1) is 36.7. The first-order valence-corrected chi connectivity index (χ1v) is 28.0. The molecule has 31 atom stereocenters. The maximum absolute atomic E-state index is 11.2. The number of hydrogen-bond acceptors (Lipinski definition) is 25. The number of aliphatic hydroxyl groups is 15. The van der Waals surface area contributed by atoms with E-state index in [1.54, 1.807) is 0 Å². The molecule has 0 aromatic carbocycles. The molecule has 4 saturated carbocycles. The van der Waals surface area contributed by atoms with Gasteiger partial charge in [0.1, 0.15) is 97.7 Å². The monoisotopic (exact) mass is 1110 g/mol. The van der Waals surface area contributed by atoms with Gasteiger partial charge in [-0.05, 0) is 85.9 Å². The lowest BCUT2D eigenvalue weighted by Crippen LogP contribution is -2.64. The molecule has 8 fully saturated rings. The van der Waals surface area contributed by atoms with Crippen molar-refractivity contribution in [2.75, 3.05) is 52.9 Å². The van der Waals surface area contributed by atoms with Crippen LogP contribution in [0.25, 0.3) is 0 Å². The van der Waals surface area contributed by atoms with E-state index in [4.69, 9.17) is 47.4 Å². The quantitative estimate of drug-likeness (QED) is 0.0484. The lowest BCUT2D eigenvalue weighted by atomic mass is 9.43. The van der Waals surface area contributed by atoms with Gasteiger partial charge in [0.05, 0.1) is 71.2 Å². The molecule has 4 aliphatic carbocycles. The summed E-state index contributed by atoms with van der Waals surface area (Å²) in [5, 5.41) is 158. The van der Waals surface area contributed by atoms with Crippen LogP contribution in [0.1, 0.15) is 85.5 Å². The van der Waals surface area contributed by atoms with Crippen LogP contribution < -0.4 is 0 Å². The van der Waals surface area contributed by atoms with Gasteiger partial charge in [0, 0.05) is 5.41 Å². The predicted octanol–water partition coefficient (Wildman–Crippen LogP) is -4.29. The van der Waals surface area contributed by atoms with Gasteiger partial charge in [-0.15, -0.1) is 0 Å². The molecule has 25 nitrogen and oxygen atoms in total. The Bertz CT molecular complexity index is 1820. The molecular formula is C52H90O25. The van der Waals surface area contributed by atoms with Crippen LogP contribution in [-0.2, 0) is 47.4 Å². The van der Waals surface area contributed by atoms with Crippen LogP contribution in [0.5, 0.6) is 0 Å². The van der Waals surface area contributed by atoms with Gasteiger partial charge in [0.25, 0.3) is 0 Å². The third-order valence-electron chi connectivity index (χ3n) is 19.5. The molecule has 0 bridgehead atoms. The number of hydrogen-bond donors (Lipinski definition) is 15. The standard InChI is InChI=1S/C52H90O25/c1-5-6-22(2)25-7-8-26-34-27(17-33(52(25,26)4)69-12-14-71-48-44(67)40(63)46(32(21-56)75-48)77-50-42(65)38(61)36(59)30(19-54)73-50)51(3)10-9-24(57)15-23(51)16-28(34)68-11-13-70-47-43(66)39(62)45(31(20-55)74-47)76-49-41(64)37(60)35(58)29(18-53)72-49/h22-50,53-67H,5-21H2,1-4H3/t22-,23+,24-,25-,26+,27+,28-,29?,30?,31?,32?,33+,34+,35-,36-,37+,38+,39-,40-,41?,42?,43?,44?,45-,46-,47-,48-,49-,50-,51+,52-/m1/s1. The van der Waals surface area contributed by atoms with Crippen molar-refractivity contribution < 1.29 is 124 Å². The molecule has 8 unspecified atom stereocenters. The number of fused-ring (bicyclic) bond motifs is 5. The molecule has 4 aliphatic heterocycles. The van der Waals surface area contributed by atoms with Gasteiger partial charge < -0.3 is 124 Å². The van der Waals surface area contributed by atoms with Gasteiger partial charge in [0.2, 0.25) is 0 Å². The highest BCUT2D eigenvalue weighted by molar-refractivity contribution is 5.15. The largest absolute Gasteiger partial charge is 0.394 e. The fourth-order valence-corrected chi connectivity index (χ4v) is 15.3. The molecular weight excluding hydrogens is 1020 g/mol. The predicted molar refractivity (Wildman–Crippen MR) is 260 cm³/mol. The Hall–Kier alpha value is -1.00. The van der Waals surface area contributed by atoms with Crippen LogP contribution in [0.4, 0.5) is 0 Å². The van der Waals surface area contributed by atoms with Gasteiger partial charge in [0.15, 0.2) is 25.2 Å². The van der Waals surface area contributed by atoms with E-state index in [1.807, 2.05) is 0 Å². The summed E-state index contributed by atoms with van der Waals surface area (Å²) in [5.41, 5.74) is -0.469. The van der Waals surface area contributed by atoms with Gasteiger partial charge in [-0.1, -0.05) is 40.5 Å². The van der Waals surface area contributed by atoms with E-state index in [0.717, 1.165) is 32.1 Å². The van der Waals surface area contributed by atoms with Crippen LogP contribution in [0.15, 0.2) is 0 Å². The second-order valence-corrected chi connectivity index (χ2v) is 23.7. The molecule has 0 aromatic heterocycles. The third kappa shape index (κ3) is 12.2. The highest BCUT2D eigenvalue weighted by Crippen LogP contribution is 2.69. The highest BCUT2D eigenvalue weighted by Gasteiger charge is 2.67. The lowest BCUT2D eigenvalue weighted by Gasteiger charge is -2.64. The molecule has 0 amide bonds. The van der Waals surface area contributed by atoms with E-state index in [9.17, 15) is 76.6 Å². The second-order valence-electron chi connectivity index (χ2n) is 23.7. The normalized spacial score (nSPS) is 51.6. The zero-order valence-electron chi connectivity index (χ0n) is 44.6. The van der Waals surface area contributed by atoms with E-state index in [1.165, 1.54) is 0 Å². The van der Waals surface area contributed by atoms with Crippen molar-refractivity contribution in [3.8, 4) is 0 Å². The summed E-state index contributed by atoms with van der Waals surface area (Å²) in [4.78, 5) is 0. The van der Waals surface area contributed by atoms with Crippen molar-refractivity contribution in [3.05, 3.63) is 0 Å². The average Bonchev–Trinajstić information content (AvgIpc) is 4.07. The Balaban J connectivity index is 0.925. The van der Waals surface area contributed by atoms with Crippen molar-refractivity contribution >= 4 is 0 Å². The summed E-state index contributed by atoms with van der Waals surface area (Å²) >= 11 is 0. The van der Waals surface area contributed by atoms with Gasteiger partial charge >= 0.3 is 0 Å². The van der Waals surface area contributed by atoms with Crippen LogP contribution in [0.3, 0.4) is 0 Å². The summed E-state index contributed by atoms with van der Waals surface area (Å²) in [5.74, 6) is 1.19. The highest BCUT2D eigenvalue weighted by atomic mass is 16.8.